The summed E-state index contributed by atoms with van der Waals surface area (Å²) in [7, 11) is 2.03. The maximum atomic E-state index is 4.48. The van der Waals surface area contributed by atoms with E-state index in [1.165, 1.54) is 10.9 Å². The number of hydrogen-bond donors (Lipinski definition) is 0. The Morgan fingerprint density at radius 2 is 1.88 bits per heavy atom. The van der Waals surface area contributed by atoms with Crippen molar-refractivity contribution < 1.29 is 4.57 Å². The van der Waals surface area contributed by atoms with Crippen LogP contribution in [0, 0.1) is 0 Å². The second-order valence-corrected chi connectivity index (χ2v) is 4.17. The maximum absolute atomic E-state index is 4.48. The zero-order valence-corrected chi connectivity index (χ0v) is 9.67. The number of benzene rings is 1. The van der Waals surface area contributed by atoms with E-state index in [4.69, 9.17) is 0 Å². The molecule has 0 amide bonds. The fraction of sp³-hybridized carbons (Fsp3) is 0.0667. The maximum Gasteiger partial charge on any atom is 0.176 e. The van der Waals surface area contributed by atoms with Crippen molar-refractivity contribution in [1.29, 1.82) is 0 Å². The van der Waals surface area contributed by atoms with Crippen molar-refractivity contribution >= 4 is 10.9 Å². The molecule has 0 bridgehead atoms. The molecule has 0 fully saturated rings. The van der Waals surface area contributed by atoms with E-state index in [9.17, 15) is 0 Å². The minimum atomic E-state index is 1.04. The Morgan fingerprint density at radius 3 is 2.76 bits per heavy atom. The average Bonchev–Trinajstić information content (AvgIpc) is 2.38. The summed E-state index contributed by atoms with van der Waals surface area (Å²) in [5.74, 6) is 0. The van der Waals surface area contributed by atoms with Crippen molar-refractivity contribution in [2.24, 2.45) is 7.05 Å². The van der Waals surface area contributed by atoms with Gasteiger partial charge < -0.3 is 0 Å². The van der Waals surface area contributed by atoms with Gasteiger partial charge in [-0.1, -0.05) is 18.2 Å². The molecule has 0 aliphatic carbocycles. The van der Waals surface area contributed by atoms with Crippen LogP contribution >= 0.6 is 0 Å². The van der Waals surface area contributed by atoms with Crippen LogP contribution in [0.3, 0.4) is 0 Å². The highest BCUT2D eigenvalue weighted by molar-refractivity contribution is 5.83. The number of aryl methyl sites for hydroxylation is 1. The molecule has 2 heterocycles. The number of nitrogens with zero attached hydrogens (tertiary/aromatic N) is 2. The van der Waals surface area contributed by atoms with Gasteiger partial charge >= 0.3 is 0 Å². The third-order valence-electron chi connectivity index (χ3n) is 2.86. The molecule has 0 radical (unpaired) electrons. The predicted octanol–water partition coefficient (Wildman–Crippen LogP) is 2.73. The molecule has 1 aromatic carbocycles. The Labute approximate surface area is 100 Å². The highest BCUT2D eigenvalue weighted by Crippen LogP contribution is 2.21. The molecule has 17 heavy (non-hydrogen) atoms. The number of pyridine rings is 2. The summed E-state index contributed by atoms with van der Waals surface area (Å²) in [5, 5.41) is 1.18. The van der Waals surface area contributed by atoms with E-state index in [0.29, 0.717) is 0 Å². The first-order valence-corrected chi connectivity index (χ1v) is 5.63. The summed E-state index contributed by atoms with van der Waals surface area (Å²) in [6, 6.07) is 14.5. The van der Waals surface area contributed by atoms with Gasteiger partial charge in [0.25, 0.3) is 0 Å². The summed E-state index contributed by atoms with van der Waals surface area (Å²) in [4.78, 5) is 4.48. The second-order valence-electron chi connectivity index (χ2n) is 4.17. The largest absolute Gasteiger partial charge is 0.256 e. The van der Waals surface area contributed by atoms with E-state index in [2.05, 4.69) is 29.4 Å². The quantitative estimate of drug-likeness (QED) is 0.577. The lowest BCUT2D eigenvalue weighted by atomic mass is 10.1. The van der Waals surface area contributed by atoms with Crippen LogP contribution in [-0.4, -0.2) is 4.98 Å². The number of aromatic nitrogens is 2. The first-order valence-electron chi connectivity index (χ1n) is 5.63. The van der Waals surface area contributed by atoms with Gasteiger partial charge in [0, 0.05) is 28.8 Å². The van der Waals surface area contributed by atoms with E-state index in [1.54, 1.807) is 0 Å². The molecule has 0 aliphatic heterocycles. The van der Waals surface area contributed by atoms with Gasteiger partial charge in [-0.05, 0) is 18.2 Å². The van der Waals surface area contributed by atoms with Gasteiger partial charge in [-0.25, -0.2) is 4.57 Å². The summed E-state index contributed by atoms with van der Waals surface area (Å²) < 4.78 is 2.05. The van der Waals surface area contributed by atoms with Crippen LogP contribution in [0.15, 0.2) is 61.1 Å². The van der Waals surface area contributed by atoms with Crippen molar-refractivity contribution in [3.8, 4) is 11.1 Å². The summed E-state index contributed by atoms with van der Waals surface area (Å²) in [6.07, 6.45) is 6.06. The summed E-state index contributed by atoms with van der Waals surface area (Å²) >= 11 is 0. The summed E-state index contributed by atoms with van der Waals surface area (Å²) in [6.45, 7) is 0. The molecule has 0 aliphatic rings. The molecule has 2 nitrogen and oxygen atoms in total. The highest BCUT2D eigenvalue weighted by atomic mass is 14.9. The van der Waals surface area contributed by atoms with Crippen molar-refractivity contribution in [2.45, 2.75) is 0 Å². The third kappa shape index (κ3) is 1.89. The zero-order chi connectivity index (χ0) is 11.7. The van der Waals surface area contributed by atoms with Crippen LogP contribution in [0.1, 0.15) is 0 Å². The Hall–Kier alpha value is -2.22. The Morgan fingerprint density at radius 1 is 1.00 bits per heavy atom. The molecule has 0 atom stereocenters. The topological polar surface area (TPSA) is 16.8 Å². The van der Waals surface area contributed by atoms with Crippen LogP contribution in [0.25, 0.3) is 22.0 Å². The molecule has 3 rings (SSSR count). The first-order chi connectivity index (χ1) is 8.33. The molecule has 0 N–H and O–H groups in total. The van der Waals surface area contributed by atoms with Crippen molar-refractivity contribution in [3.05, 3.63) is 61.1 Å². The molecular formula is C15H13N2+. The molecule has 3 aromatic rings. The van der Waals surface area contributed by atoms with Crippen LogP contribution in [0.5, 0.6) is 0 Å². The SMILES string of the molecule is C[n+]1cccc(-c2cnc3ccccc3c2)c1. The lowest BCUT2D eigenvalue weighted by molar-refractivity contribution is -0.671. The van der Waals surface area contributed by atoms with E-state index in [1.807, 2.05) is 48.3 Å². The predicted molar refractivity (Wildman–Crippen MR) is 68.4 cm³/mol. The van der Waals surface area contributed by atoms with Crippen LogP contribution in [0.2, 0.25) is 0 Å². The molecule has 0 spiro atoms. The average molecular weight is 221 g/mol. The summed E-state index contributed by atoms with van der Waals surface area (Å²) in [5.41, 5.74) is 3.38. The lowest BCUT2D eigenvalue weighted by Gasteiger charge is -2.01. The van der Waals surface area contributed by atoms with Crippen molar-refractivity contribution in [3.63, 3.8) is 0 Å². The van der Waals surface area contributed by atoms with Crippen LogP contribution < -0.4 is 4.57 Å². The normalized spacial score (nSPS) is 10.6. The number of para-hydroxylation sites is 1. The Bertz CT molecular complexity index is 674. The molecule has 2 aromatic heterocycles. The minimum absolute atomic E-state index is 1.04. The molecular weight excluding hydrogens is 208 g/mol. The van der Waals surface area contributed by atoms with Crippen molar-refractivity contribution in [2.75, 3.05) is 0 Å². The van der Waals surface area contributed by atoms with Gasteiger partial charge in [0.2, 0.25) is 0 Å². The third-order valence-corrected chi connectivity index (χ3v) is 2.86. The van der Waals surface area contributed by atoms with Crippen LogP contribution in [-0.2, 0) is 7.05 Å². The molecule has 0 unspecified atom stereocenters. The monoisotopic (exact) mass is 221 g/mol. The van der Waals surface area contributed by atoms with Gasteiger partial charge in [0.1, 0.15) is 7.05 Å². The van der Waals surface area contributed by atoms with Gasteiger partial charge in [-0.3, -0.25) is 4.98 Å². The second kappa shape index (κ2) is 3.98. The highest BCUT2D eigenvalue weighted by Gasteiger charge is 2.03. The van der Waals surface area contributed by atoms with Gasteiger partial charge in [-0.2, -0.15) is 0 Å². The van der Waals surface area contributed by atoms with Crippen LogP contribution in [0.4, 0.5) is 0 Å². The first kappa shape index (κ1) is 9.97. The standard InChI is InChI=1S/C15H13N2/c1-17-8-4-6-13(11-17)14-9-12-5-2-3-7-15(12)16-10-14/h2-11H,1H3/q+1. The molecule has 0 saturated heterocycles. The fourth-order valence-electron chi connectivity index (χ4n) is 1.99. The van der Waals surface area contributed by atoms with E-state index in [-0.39, 0.29) is 0 Å². The van der Waals surface area contributed by atoms with Gasteiger partial charge in [-0.15, -0.1) is 0 Å². The Kier molecular flexibility index (Phi) is 2.33. The zero-order valence-electron chi connectivity index (χ0n) is 9.67. The van der Waals surface area contributed by atoms with E-state index >= 15 is 0 Å². The molecule has 0 saturated carbocycles. The van der Waals surface area contributed by atoms with Gasteiger partial charge in [0.05, 0.1) is 5.52 Å². The van der Waals surface area contributed by atoms with E-state index in [0.717, 1.165) is 11.1 Å². The lowest BCUT2D eigenvalue weighted by Crippen LogP contribution is -2.26. The van der Waals surface area contributed by atoms with Crippen molar-refractivity contribution in [1.82, 2.24) is 4.98 Å². The number of fused-ring (bicyclic) bond motifs is 1. The number of hydrogen-bond acceptors (Lipinski definition) is 1. The Balaban J connectivity index is 2.18. The van der Waals surface area contributed by atoms with Gasteiger partial charge in [0.15, 0.2) is 12.4 Å². The number of rotatable bonds is 1. The molecule has 82 valence electrons. The smallest absolute Gasteiger partial charge is 0.176 e. The minimum Gasteiger partial charge on any atom is -0.256 e. The van der Waals surface area contributed by atoms with E-state index < -0.39 is 0 Å². The fourth-order valence-corrected chi connectivity index (χ4v) is 1.99. The molecule has 2 heteroatoms.